The zero-order valence-corrected chi connectivity index (χ0v) is 7.73. The van der Waals surface area contributed by atoms with Crippen molar-refractivity contribution in [3.05, 3.63) is 18.6 Å². The van der Waals surface area contributed by atoms with E-state index in [-0.39, 0.29) is 11.8 Å². The molecule has 2 rings (SSSR count). The van der Waals surface area contributed by atoms with Crippen molar-refractivity contribution >= 4 is 11.7 Å². The van der Waals surface area contributed by atoms with Crippen LogP contribution in [0.25, 0.3) is 0 Å². The molecule has 0 radical (unpaired) electrons. The Kier molecular flexibility index (Phi) is 2.69. The number of anilines is 1. The molecule has 1 fully saturated rings. The minimum absolute atomic E-state index is 0.0358. The molecule has 1 unspecified atom stereocenters. The largest absolute Gasteiger partial charge is 0.316 e. The van der Waals surface area contributed by atoms with Crippen LogP contribution in [-0.2, 0) is 4.79 Å². The third kappa shape index (κ3) is 2.05. The van der Waals surface area contributed by atoms with E-state index in [0.29, 0.717) is 5.82 Å². The molecule has 1 aliphatic heterocycles. The fourth-order valence-corrected chi connectivity index (χ4v) is 1.47. The minimum atomic E-state index is 0.0358. The van der Waals surface area contributed by atoms with Gasteiger partial charge in [0.25, 0.3) is 0 Å². The van der Waals surface area contributed by atoms with Crippen LogP contribution in [0.4, 0.5) is 5.82 Å². The topological polar surface area (TPSA) is 66.9 Å². The van der Waals surface area contributed by atoms with Crippen molar-refractivity contribution in [2.75, 3.05) is 18.4 Å². The number of nitrogens with one attached hydrogen (secondary N) is 2. The Morgan fingerprint density at radius 3 is 3.21 bits per heavy atom. The molecule has 5 heteroatoms. The normalized spacial score (nSPS) is 20.7. The summed E-state index contributed by atoms with van der Waals surface area (Å²) in [6, 6.07) is 1.68. The lowest BCUT2D eigenvalue weighted by molar-refractivity contribution is -0.119. The molecule has 5 nitrogen and oxygen atoms in total. The van der Waals surface area contributed by atoms with E-state index in [2.05, 4.69) is 20.6 Å². The molecule has 1 aliphatic rings. The Hall–Kier alpha value is -1.49. The summed E-state index contributed by atoms with van der Waals surface area (Å²) in [6.07, 6.45) is 3.93. The summed E-state index contributed by atoms with van der Waals surface area (Å²) in [5.74, 6) is 0.676. The summed E-state index contributed by atoms with van der Waals surface area (Å²) >= 11 is 0. The first-order chi connectivity index (χ1) is 6.86. The summed E-state index contributed by atoms with van der Waals surface area (Å²) in [7, 11) is 0. The number of aromatic nitrogens is 2. The van der Waals surface area contributed by atoms with Crippen LogP contribution in [0.1, 0.15) is 6.42 Å². The fourth-order valence-electron chi connectivity index (χ4n) is 1.47. The maximum atomic E-state index is 11.6. The van der Waals surface area contributed by atoms with Crippen LogP contribution >= 0.6 is 0 Å². The van der Waals surface area contributed by atoms with Gasteiger partial charge < -0.3 is 10.6 Å². The van der Waals surface area contributed by atoms with Gasteiger partial charge in [0.2, 0.25) is 5.91 Å². The Labute approximate surface area is 82.0 Å². The monoisotopic (exact) mass is 192 g/mol. The third-order valence-corrected chi connectivity index (χ3v) is 2.26. The van der Waals surface area contributed by atoms with E-state index in [9.17, 15) is 4.79 Å². The molecule has 0 bridgehead atoms. The minimum Gasteiger partial charge on any atom is -0.316 e. The second kappa shape index (κ2) is 4.15. The number of carbonyl (C=O) groups is 1. The average molecular weight is 192 g/mol. The van der Waals surface area contributed by atoms with Crippen LogP contribution in [0, 0.1) is 5.92 Å². The molecule has 1 aromatic rings. The van der Waals surface area contributed by atoms with Crippen molar-refractivity contribution < 1.29 is 4.79 Å². The van der Waals surface area contributed by atoms with Crippen LogP contribution < -0.4 is 10.6 Å². The molecule has 1 atom stereocenters. The summed E-state index contributed by atoms with van der Waals surface area (Å²) in [5.41, 5.74) is 0. The van der Waals surface area contributed by atoms with Gasteiger partial charge in [0.05, 0.1) is 5.92 Å². The average Bonchev–Trinajstić information content (AvgIpc) is 2.72. The Balaban J connectivity index is 1.94. The van der Waals surface area contributed by atoms with Crippen LogP contribution in [0.5, 0.6) is 0 Å². The van der Waals surface area contributed by atoms with Gasteiger partial charge in [-0.2, -0.15) is 0 Å². The second-order valence-electron chi connectivity index (χ2n) is 3.27. The standard InChI is InChI=1S/C9H12N4O/c14-9(7-1-3-10-5-7)13-8-2-4-11-6-12-8/h2,4,6-7,10H,1,3,5H2,(H,11,12,13,14). The third-order valence-electron chi connectivity index (χ3n) is 2.26. The molecule has 14 heavy (non-hydrogen) atoms. The highest BCUT2D eigenvalue weighted by Gasteiger charge is 2.22. The highest BCUT2D eigenvalue weighted by Crippen LogP contribution is 2.10. The molecule has 1 saturated heterocycles. The van der Waals surface area contributed by atoms with Gasteiger partial charge in [0, 0.05) is 12.7 Å². The van der Waals surface area contributed by atoms with Gasteiger partial charge >= 0.3 is 0 Å². The predicted molar refractivity (Wildman–Crippen MR) is 51.6 cm³/mol. The first kappa shape index (κ1) is 9.08. The summed E-state index contributed by atoms with van der Waals surface area (Å²) < 4.78 is 0. The SMILES string of the molecule is O=C(Nc1ccncn1)C1CCNC1. The Morgan fingerprint density at radius 2 is 2.57 bits per heavy atom. The zero-order chi connectivity index (χ0) is 9.80. The summed E-state index contributed by atoms with van der Waals surface area (Å²) in [5, 5.41) is 5.90. The van der Waals surface area contributed by atoms with Gasteiger partial charge in [-0.15, -0.1) is 0 Å². The van der Waals surface area contributed by atoms with Gasteiger partial charge in [-0.05, 0) is 19.0 Å². The van der Waals surface area contributed by atoms with Gasteiger partial charge in [0.1, 0.15) is 12.1 Å². The van der Waals surface area contributed by atoms with E-state index in [1.54, 1.807) is 12.3 Å². The quantitative estimate of drug-likeness (QED) is 0.693. The van der Waals surface area contributed by atoms with E-state index < -0.39 is 0 Å². The molecule has 0 aliphatic carbocycles. The molecule has 0 aromatic carbocycles. The van der Waals surface area contributed by atoms with Crippen molar-refractivity contribution in [3.8, 4) is 0 Å². The second-order valence-corrected chi connectivity index (χ2v) is 3.27. The summed E-state index contributed by atoms with van der Waals surface area (Å²) in [4.78, 5) is 19.3. The van der Waals surface area contributed by atoms with Crippen LogP contribution in [0.3, 0.4) is 0 Å². The lowest BCUT2D eigenvalue weighted by Gasteiger charge is -2.08. The van der Waals surface area contributed by atoms with E-state index in [0.717, 1.165) is 19.5 Å². The predicted octanol–water partition coefficient (Wildman–Crippen LogP) is 0.0246. The number of hydrogen-bond donors (Lipinski definition) is 2. The lowest BCUT2D eigenvalue weighted by atomic mass is 10.1. The Bertz CT molecular complexity index is 308. The Morgan fingerprint density at radius 1 is 1.64 bits per heavy atom. The molecule has 0 saturated carbocycles. The van der Waals surface area contributed by atoms with Gasteiger partial charge in [0.15, 0.2) is 0 Å². The first-order valence-corrected chi connectivity index (χ1v) is 4.64. The molecule has 74 valence electrons. The molecular formula is C9H12N4O. The number of rotatable bonds is 2. The van der Waals surface area contributed by atoms with E-state index in [1.807, 2.05) is 0 Å². The molecule has 1 amide bonds. The van der Waals surface area contributed by atoms with Crippen molar-refractivity contribution in [2.24, 2.45) is 5.92 Å². The maximum Gasteiger partial charge on any atom is 0.229 e. The number of carbonyl (C=O) groups excluding carboxylic acids is 1. The van der Waals surface area contributed by atoms with E-state index in [1.165, 1.54) is 6.33 Å². The van der Waals surface area contributed by atoms with Gasteiger partial charge in [-0.1, -0.05) is 0 Å². The van der Waals surface area contributed by atoms with Gasteiger partial charge in [-0.25, -0.2) is 9.97 Å². The van der Waals surface area contributed by atoms with Crippen molar-refractivity contribution in [2.45, 2.75) is 6.42 Å². The van der Waals surface area contributed by atoms with E-state index in [4.69, 9.17) is 0 Å². The fraction of sp³-hybridized carbons (Fsp3) is 0.444. The molecule has 1 aromatic heterocycles. The smallest absolute Gasteiger partial charge is 0.229 e. The zero-order valence-electron chi connectivity index (χ0n) is 7.73. The molecular weight excluding hydrogens is 180 g/mol. The highest BCUT2D eigenvalue weighted by atomic mass is 16.2. The van der Waals surface area contributed by atoms with Crippen molar-refractivity contribution in [3.63, 3.8) is 0 Å². The molecule has 2 N–H and O–H groups in total. The van der Waals surface area contributed by atoms with Crippen molar-refractivity contribution in [1.29, 1.82) is 0 Å². The van der Waals surface area contributed by atoms with Crippen LogP contribution in [0.15, 0.2) is 18.6 Å². The van der Waals surface area contributed by atoms with E-state index >= 15 is 0 Å². The molecule has 2 heterocycles. The molecule has 0 spiro atoms. The number of nitrogens with zero attached hydrogens (tertiary/aromatic N) is 2. The summed E-state index contributed by atoms with van der Waals surface area (Å²) in [6.45, 7) is 1.68. The van der Waals surface area contributed by atoms with Crippen LogP contribution in [0.2, 0.25) is 0 Å². The highest BCUT2D eigenvalue weighted by molar-refractivity contribution is 5.91. The first-order valence-electron chi connectivity index (χ1n) is 4.64. The lowest BCUT2D eigenvalue weighted by Crippen LogP contribution is -2.25. The maximum absolute atomic E-state index is 11.6. The van der Waals surface area contributed by atoms with Crippen LogP contribution in [-0.4, -0.2) is 29.0 Å². The number of hydrogen-bond acceptors (Lipinski definition) is 4. The van der Waals surface area contributed by atoms with Gasteiger partial charge in [-0.3, -0.25) is 4.79 Å². The number of amides is 1. The van der Waals surface area contributed by atoms with Crippen molar-refractivity contribution in [1.82, 2.24) is 15.3 Å².